The van der Waals surface area contributed by atoms with Gasteiger partial charge in [-0.2, -0.15) is 0 Å². The molecule has 1 N–H and O–H groups in total. The van der Waals surface area contributed by atoms with E-state index in [0.717, 1.165) is 11.1 Å². The minimum Gasteiger partial charge on any atom is -0.445 e. The molecule has 0 saturated carbocycles. The Morgan fingerprint density at radius 2 is 1.42 bits per heavy atom. The van der Waals surface area contributed by atoms with E-state index in [1.54, 1.807) is 0 Å². The number of rotatable bonds is 6. The molecule has 0 fully saturated rings. The minimum atomic E-state index is -1.83. The van der Waals surface area contributed by atoms with Crippen molar-refractivity contribution in [3.63, 3.8) is 0 Å². The molecule has 2 aromatic rings. The van der Waals surface area contributed by atoms with E-state index in [-0.39, 0.29) is 13.2 Å². The molecule has 1 atom stereocenters. The summed E-state index contributed by atoms with van der Waals surface area (Å²) in [6.45, 7) is 0.288. The van der Waals surface area contributed by atoms with Crippen LogP contribution in [0.3, 0.4) is 0 Å². The van der Waals surface area contributed by atoms with Crippen LogP contribution in [0, 0.1) is 0 Å². The third-order valence-electron chi connectivity index (χ3n) is 3.02. The van der Waals surface area contributed by atoms with Crippen molar-refractivity contribution in [3.8, 4) is 0 Å². The predicted octanol–water partition coefficient (Wildman–Crippen LogP) is 4.83. The van der Waals surface area contributed by atoms with Crippen molar-refractivity contribution in [3.05, 3.63) is 71.8 Å². The Kier molecular flexibility index (Phi) is 7.18. The first-order valence-electron chi connectivity index (χ1n) is 7.14. The Hall–Kier alpha value is -1.46. The third-order valence-corrected chi connectivity index (χ3v) is 3.61. The monoisotopic (exact) mass is 387 g/mol. The van der Waals surface area contributed by atoms with Crippen molar-refractivity contribution in [2.45, 2.75) is 23.2 Å². The van der Waals surface area contributed by atoms with Crippen LogP contribution in [0.4, 0.5) is 4.79 Å². The molecule has 128 valence electrons. The molecule has 0 unspecified atom stereocenters. The molecule has 0 aliphatic heterocycles. The van der Waals surface area contributed by atoms with Gasteiger partial charge in [-0.1, -0.05) is 95.5 Å². The maximum atomic E-state index is 11.9. The first kappa shape index (κ1) is 18.9. The van der Waals surface area contributed by atoms with Crippen molar-refractivity contribution in [1.82, 2.24) is 5.32 Å². The maximum Gasteiger partial charge on any atom is 0.409 e. The van der Waals surface area contributed by atoms with E-state index < -0.39 is 16.1 Å². The summed E-state index contributed by atoms with van der Waals surface area (Å²) in [6, 6.07) is 18.6. The van der Waals surface area contributed by atoms with Gasteiger partial charge in [-0.15, -0.1) is 0 Å². The second-order valence-electron chi connectivity index (χ2n) is 4.92. The number of ether oxygens (including phenoxy) is 2. The second-order valence-corrected chi connectivity index (χ2v) is 7.29. The van der Waals surface area contributed by atoms with Gasteiger partial charge in [0.15, 0.2) is 6.23 Å². The highest BCUT2D eigenvalue weighted by molar-refractivity contribution is 6.68. The Morgan fingerprint density at radius 3 is 1.92 bits per heavy atom. The van der Waals surface area contributed by atoms with E-state index in [9.17, 15) is 4.79 Å². The van der Waals surface area contributed by atoms with Gasteiger partial charge in [-0.3, -0.25) is 5.32 Å². The largest absolute Gasteiger partial charge is 0.445 e. The molecule has 0 radical (unpaired) electrons. The van der Waals surface area contributed by atoms with Crippen LogP contribution in [-0.4, -0.2) is 16.1 Å². The van der Waals surface area contributed by atoms with E-state index in [0.29, 0.717) is 0 Å². The first-order chi connectivity index (χ1) is 11.4. The molecule has 0 spiro atoms. The Morgan fingerprint density at radius 1 is 0.917 bits per heavy atom. The van der Waals surface area contributed by atoms with Gasteiger partial charge >= 0.3 is 6.09 Å². The van der Waals surface area contributed by atoms with Crippen molar-refractivity contribution >= 4 is 40.9 Å². The number of carbonyl (C=O) groups is 1. The number of benzene rings is 2. The van der Waals surface area contributed by atoms with Gasteiger partial charge in [-0.05, 0) is 11.1 Å². The van der Waals surface area contributed by atoms with E-state index in [1.165, 1.54) is 0 Å². The molecular formula is C17H16Cl3NO3. The fraction of sp³-hybridized carbons (Fsp3) is 0.235. The molecule has 4 nitrogen and oxygen atoms in total. The van der Waals surface area contributed by atoms with E-state index in [4.69, 9.17) is 44.3 Å². The number of halogens is 3. The normalized spacial score (nSPS) is 12.5. The molecule has 0 aromatic heterocycles. The molecule has 0 aliphatic carbocycles. The molecule has 1 amide bonds. The van der Waals surface area contributed by atoms with E-state index in [2.05, 4.69) is 5.32 Å². The summed E-state index contributed by atoms with van der Waals surface area (Å²) in [5, 5.41) is 2.42. The number of alkyl carbamates (subject to hydrolysis) is 1. The zero-order chi connectivity index (χ0) is 17.4. The second kappa shape index (κ2) is 9.14. The lowest BCUT2D eigenvalue weighted by atomic mass is 10.2. The smallest absolute Gasteiger partial charge is 0.409 e. The van der Waals surface area contributed by atoms with Gasteiger partial charge < -0.3 is 9.47 Å². The number of amides is 1. The van der Waals surface area contributed by atoms with Crippen LogP contribution in [0.1, 0.15) is 11.1 Å². The standard InChI is InChI=1S/C17H16Cl3NO3/c18-17(19,20)15(23-11-13-7-3-1-4-8-13)21-16(22)24-12-14-9-5-2-6-10-14/h1-10,15H,11-12H2,(H,21,22)/t15-/m1/s1. The number of carbonyl (C=O) groups excluding carboxylic acids is 1. The van der Waals surface area contributed by atoms with Gasteiger partial charge in [0.05, 0.1) is 6.61 Å². The van der Waals surface area contributed by atoms with Crippen molar-refractivity contribution < 1.29 is 14.3 Å². The Bertz CT molecular complexity index is 633. The SMILES string of the molecule is O=C(N[C@H](OCc1ccccc1)C(Cl)(Cl)Cl)OCc1ccccc1. The first-order valence-corrected chi connectivity index (χ1v) is 8.28. The molecule has 0 saturated heterocycles. The summed E-state index contributed by atoms with van der Waals surface area (Å²) in [6.07, 6.45) is -1.88. The summed E-state index contributed by atoms with van der Waals surface area (Å²) < 4.78 is 8.77. The van der Waals surface area contributed by atoms with Gasteiger partial charge in [0.1, 0.15) is 6.61 Å². The van der Waals surface area contributed by atoms with Crippen LogP contribution < -0.4 is 5.32 Å². The topological polar surface area (TPSA) is 47.6 Å². The van der Waals surface area contributed by atoms with Crippen molar-refractivity contribution in [2.75, 3.05) is 0 Å². The lowest BCUT2D eigenvalue weighted by molar-refractivity contribution is 0.0167. The molecule has 2 rings (SSSR count). The predicted molar refractivity (Wildman–Crippen MR) is 95.1 cm³/mol. The summed E-state index contributed by atoms with van der Waals surface area (Å²) in [4.78, 5) is 11.9. The average molecular weight is 389 g/mol. The Balaban J connectivity index is 1.87. The zero-order valence-electron chi connectivity index (χ0n) is 12.6. The summed E-state index contributed by atoms with van der Waals surface area (Å²) >= 11 is 17.6. The zero-order valence-corrected chi connectivity index (χ0v) is 14.9. The number of hydrogen-bond donors (Lipinski definition) is 1. The van der Waals surface area contributed by atoms with Gasteiger partial charge in [-0.25, -0.2) is 4.79 Å². The van der Waals surface area contributed by atoms with Gasteiger partial charge in [0, 0.05) is 0 Å². The van der Waals surface area contributed by atoms with Crippen LogP contribution >= 0.6 is 34.8 Å². The number of alkyl halides is 3. The Labute approximate surface area is 155 Å². The average Bonchev–Trinajstić information content (AvgIpc) is 2.57. The fourth-order valence-electron chi connectivity index (χ4n) is 1.84. The van der Waals surface area contributed by atoms with Crippen molar-refractivity contribution in [2.24, 2.45) is 0 Å². The molecular weight excluding hydrogens is 373 g/mol. The summed E-state index contributed by atoms with van der Waals surface area (Å²) in [5.41, 5.74) is 1.74. The third kappa shape index (κ3) is 6.57. The highest BCUT2D eigenvalue weighted by Gasteiger charge is 2.35. The van der Waals surface area contributed by atoms with Crippen LogP contribution in [0.15, 0.2) is 60.7 Å². The summed E-state index contributed by atoms with van der Waals surface area (Å²) in [5.74, 6) is 0. The molecule has 2 aromatic carbocycles. The minimum absolute atomic E-state index is 0.109. The van der Waals surface area contributed by atoms with E-state index in [1.807, 2.05) is 60.7 Å². The van der Waals surface area contributed by atoms with E-state index >= 15 is 0 Å². The molecule has 0 bridgehead atoms. The molecule has 24 heavy (non-hydrogen) atoms. The lowest BCUT2D eigenvalue weighted by Crippen LogP contribution is -2.45. The molecule has 0 heterocycles. The van der Waals surface area contributed by atoms with Crippen LogP contribution in [-0.2, 0) is 22.7 Å². The van der Waals surface area contributed by atoms with Gasteiger partial charge in [0.25, 0.3) is 0 Å². The molecule has 0 aliphatic rings. The lowest BCUT2D eigenvalue weighted by Gasteiger charge is -2.25. The fourth-order valence-corrected chi connectivity index (χ4v) is 2.20. The van der Waals surface area contributed by atoms with Crippen LogP contribution in [0.5, 0.6) is 0 Å². The van der Waals surface area contributed by atoms with Crippen LogP contribution in [0.2, 0.25) is 0 Å². The highest BCUT2D eigenvalue weighted by atomic mass is 35.6. The van der Waals surface area contributed by atoms with Gasteiger partial charge in [0.2, 0.25) is 3.79 Å². The maximum absolute atomic E-state index is 11.9. The van der Waals surface area contributed by atoms with Crippen molar-refractivity contribution in [1.29, 1.82) is 0 Å². The quantitative estimate of drug-likeness (QED) is 0.570. The summed E-state index contributed by atoms with van der Waals surface area (Å²) in [7, 11) is 0. The molecule has 7 heteroatoms. The highest BCUT2D eigenvalue weighted by Crippen LogP contribution is 2.31. The van der Waals surface area contributed by atoms with Crippen LogP contribution in [0.25, 0.3) is 0 Å². The number of nitrogens with one attached hydrogen (secondary N) is 1. The number of hydrogen-bond acceptors (Lipinski definition) is 3.